The van der Waals surface area contributed by atoms with Gasteiger partial charge in [-0.15, -0.1) is 0 Å². The van der Waals surface area contributed by atoms with E-state index < -0.39 is 0 Å². The minimum Gasteiger partial charge on any atom is -0.399 e. The molecule has 0 aromatic carbocycles. The van der Waals surface area contributed by atoms with Gasteiger partial charge in [-0.05, 0) is 44.0 Å². The maximum Gasteiger partial charge on any atom is 0.497 e. The summed E-state index contributed by atoms with van der Waals surface area (Å²) in [5.74, 6) is 0.891. The maximum atomic E-state index is 6.15. The lowest BCUT2D eigenvalue weighted by atomic mass is 9.75. The van der Waals surface area contributed by atoms with Crippen LogP contribution >= 0.6 is 9.39 Å². The van der Waals surface area contributed by atoms with Gasteiger partial charge in [-0.25, -0.2) is 0 Å². The zero-order chi connectivity index (χ0) is 15.8. The maximum absolute atomic E-state index is 6.15. The van der Waals surface area contributed by atoms with Gasteiger partial charge < -0.3 is 14.0 Å². The molecule has 0 aromatic rings. The lowest BCUT2D eigenvalue weighted by molar-refractivity contribution is 0.00578. The lowest BCUT2D eigenvalue weighted by Crippen LogP contribution is -2.41. The molecule has 21 heavy (non-hydrogen) atoms. The minimum absolute atomic E-state index is 0.345. The van der Waals surface area contributed by atoms with Crippen LogP contribution in [0.15, 0.2) is 40.5 Å². The predicted molar refractivity (Wildman–Crippen MR) is 92.0 cm³/mol. The van der Waals surface area contributed by atoms with Crippen molar-refractivity contribution in [3.05, 3.63) is 35.5 Å². The van der Waals surface area contributed by atoms with Gasteiger partial charge in [0.05, 0.1) is 11.2 Å². The fraction of sp³-hybridized carbons (Fsp3) is 0.533. The fourth-order valence-electron chi connectivity index (χ4n) is 2.31. The summed E-state index contributed by atoms with van der Waals surface area (Å²) in [6.07, 6.45) is 8.05. The van der Waals surface area contributed by atoms with E-state index in [1.807, 2.05) is 36.0 Å². The van der Waals surface area contributed by atoms with Crippen LogP contribution in [-0.4, -0.2) is 35.9 Å². The van der Waals surface area contributed by atoms with Crippen LogP contribution < -0.4 is 0 Å². The molecule has 2 aliphatic heterocycles. The highest BCUT2D eigenvalue weighted by Gasteiger charge is 2.54. The quantitative estimate of drug-likeness (QED) is 0.580. The first kappa shape index (κ1) is 16.5. The molecule has 0 spiro atoms. The van der Waals surface area contributed by atoms with Crippen LogP contribution in [0.1, 0.15) is 34.6 Å². The predicted octanol–water partition coefficient (Wildman–Crippen LogP) is 3.14. The Morgan fingerprint density at radius 3 is 2.29 bits per heavy atom. The topological polar surface area (TPSA) is 34.1 Å². The van der Waals surface area contributed by atoms with Crippen LogP contribution in [0.2, 0.25) is 0 Å². The number of hydrogen-bond donors (Lipinski definition) is 0. The first-order valence-electron chi connectivity index (χ1n) is 7.15. The van der Waals surface area contributed by atoms with Crippen molar-refractivity contribution in [2.24, 2.45) is 4.99 Å². The molecule has 2 heterocycles. The van der Waals surface area contributed by atoms with Crippen LogP contribution in [0.4, 0.5) is 0 Å². The molecular weight excluding hydrogens is 282 g/mol. The second kappa shape index (κ2) is 5.71. The molecule has 0 saturated carbocycles. The van der Waals surface area contributed by atoms with Crippen molar-refractivity contribution in [2.45, 2.75) is 45.8 Å². The van der Waals surface area contributed by atoms with E-state index in [0.717, 1.165) is 16.9 Å². The Balaban J connectivity index is 2.37. The van der Waals surface area contributed by atoms with E-state index in [9.17, 15) is 0 Å². The van der Waals surface area contributed by atoms with Crippen LogP contribution in [-0.2, 0) is 9.31 Å². The molecule has 0 N–H and O–H groups in total. The Morgan fingerprint density at radius 2 is 1.81 bits per heavy atom. The number of aliphatic imine (C=N–C) groups is 1. The third-order valence-corrected chi connectivity index (χ3v) is 4.64. The Bertz CT molecular complexity index is 534. The average molecular weight is 306 g/mol. The molecule has 6 heteroatoms. The highest BCUT2D eigenvalue weighted by Crippen LogP contribution is 2.41. The Labute approximate surface area is 130 Å². The number of rotatable bonds is 2. The molecule has 1 saturated heterocycles. The molecule has 1 unspecified atom stereocenters. The summed E-state index contributed by atoms with van der Waals surface area (Å²) < 4.78 is 14.2. The Morgan fingerprint density at radius 1 is 1.24 bits per heavy atom. The third-order valence-electron chi connectivity index (χ3n) is 4.25. The molecule has 2 aliphatic rings. The highest BCUT2D eigenvalue weighted by molar-refractivity contribution is 7.15. The van der Waals surface area contributed by atoms with Gasteiger partial charge >= 0.3 is 7.12 Å². The van der Waals surface area contributed by atoms with E-state index in [-0.39, 0.29) is 18.3 Å². The number of allylic oxidation sites excluding steroid dienone is 3. The van der Waals surface area contributed by atoms with Gasteiger partial charge in [0.15, 0.2) is 0 Å². The summed E-state index contributed by atoms with van der Waals surface area (Å²) in [4.78, 5) is 4.35. The van der Waals surface area contributed by atoms with Gasteiger partial charge in [-0.2, -0.15) is 0 Å². The first-order chi connectivity index (χ1) is 9.73. The Hall–Kier alpha value is -0.895. The number of hydrogen-bond acceptors (Lipinski definition) is 3. The molecule has 0 radical (unpaired) electrons. The Kier molecular flexibility index (Phi) is 4.48. The van der Waals surface area contributed by atoms with Crippen molar-refractivity contribution >= 4 is 22.3 Å². The molecule has 0 amide bonds. The summed E-state index contributed by atoms with van der Waals surface area (Å²) >= 11 is 0. The number of nitrogens with zero attached hydrogens (tertiary/aromatic N) is 2. The van der Waals surface area contributed by atoms with E-state index in [4.69, 9.17) is 9.31 Å². The molecule has 1 atom stereocenters. The van der Waals surface area contributed by atoms with Crippen LogP contribution in [0.25, 0.3) is 0 Å². The van der Waals surface area contributed by atoms with Gasteiger partial charge in [-0.1, -0.05) is 18.2 Å². The minimum atomic E-state index is -0.381. The second-order valence-corrected chi connectivity index (χ2v) is 6.79. The van der Waals surface area contributed by atoms with E-state index in [2.05, 4.69) is 42.1 Å². The van der Waals surface area contributed by atoms with Crippen LogP contribution in [0.3, 0.4) is 0 Å². The van der Waals surface area contributed by atoms with Crippen molar-refractivity contribution in [1.82, 2.24) is 4.67 Å². The average Bonchev–Trinajstić information content (AvgIpc) is 2.81. The van der Waals surface area contributed by atoms with Crippen molar-refractivity contribution in [2.75, 3.05) is 7.05 Å². The van der Waals surface area contributed by atoms with Gasteiger partial charge in [-0.3, -0.25) is 4.99 Å². The molecule has 0 aromatic heterocycles. The monoisotopic (exact) mass is 306 g/mol. The third kappa shape index (κ3) is 2.87. The molecule has 4 nitrogen and oxygen atoms in total. The van der Waals surface area contributed by atoms with Gasteiger partial charge in [0.2, 0.25) is 0 Å². The second-order valence-electron chi connectivity index (χ2n) is 6.23. The zero-order valence-corrected chi connectivity index (χ0v) is 14.8. The van der Waals surface area contributed by atoms with Crippen molar-refractivity contribution < 1.29 is 9.31 Å². The summed E-state index contributed by atoms with van der Waals surface area (Å²) in [5.41, 5.74) is 1.34. The standard InChI is InChI=1S/C15H24BN2O2P/c1-7-8-9-11-12(10-18(21)13(11)17-6)16-19-14(2,3)15(4,5)20-16/h7-10H,21H2,1-6H3/b8-7-,11-9-,17-13?. The molecule has 2 rings (SSSR count). The van der Waals surface area contributed by atoms with E-state index in [0.29, 0.717) is 0 Å². The highest BCUT2D eigenvalue weighted by atomic mass is 31.0. The molecule has 0 aliphatic carbocycles. The SMILES string of the molecule is C/C=C\C=C1\C(B2OC(C)(C)C(C)(C)O2)=CN(P)C1=NC. The van der Waals surface area contributed by atoms with Crippen LogP contribution in [0, 0.1) is 0 Å². The molecule has 114 valence electrons. The number of amidine groups is 1. The summed E-state index contributed by atoms with van der Waals surface area (Å²) in [6.45, 7) is 10.2. The lowest BCUT2D eigenvalue weighted by Gasteiger charge is -2.32. The molecular formula is C15H24BN2O2P. The summed E-state index contributed by atoms with van der Waals surface area (Å²) in [5, 5.41) is 0. The van der Waals surface area contributed by atoms with E-state index in [1.54, 1.807) is 7.05 Å². The first-order valence-corrected chi connectivity index (χ1v) is 7.67. The van der Waals surface area contributed by atoms with E-state index >= 15 is 0 Å². The zero-order valence-electron chi connectivity index (χ0n) is 13.7. The van der Waals surface area contributed by atoms with Crippen molar-refractivity contribution in [1.29, 1.82) is 0 Å². The van der Waals surface area contributed by atoms with E-state index in [1.165, 1.54) is 0 Å². The summed E-state index contributed by atoms with van der Waals surface area (Å²) in [7, 11) is 4.07. The smallest absolute Gasteiger partial charge is 0.399 e. The van der Waals surface area contributed by atoms with Crippen molar-refractivity contribution in [3.63, 3.8) is 0 Å². The fourth-order valence-corrected chi connectivity index (χ4v) is 2.72. The molecule has 0 bridgehead atoms. The summed E-state index contributed by atoms with van der Waals surface area (Å²) in [6, 6.07) is 0. The van der Waals surface area contributed by atoms with Crippen molar-refractivity contribution in [3.8, 4) is 0 Å². The molecule has 1 fully saturated rings. The largest absolute Gasteiger partial charge is 0.497 e. The van der Waals surface area contributed by atoms with Crippen LogP contribution in [0.5, 0.6) is 0 Å². The van der Waals surface area contributed by atoms with Gasteiger partial charge in [0, 0.05) is 24.3 Å². The normalized spacial score (nSPS) is 28.2. The van der Waals surface area contributed by atoms with Gasteiger partial charge in [0.25, 0.3) is 0 Å². The van der Waals surface area contributed by atoms with Gasteiger partial charge in [0.1, 0.15) is 5.84 Å².